The van der Waals surface area contributed by atoms with Crippen molar-refractivity contribution in [2.75, 3.05) is 17.8 Å². The number of hydrogen-bond donors (Lipinski definition) is 5. The standard InChI is InChI=1S/C16H18N8O4/c17-13-10-14(22-16(21-13)23-20-5-8-3-1-2-4-18-8)24(7-19-10)15-12(27)11(26)9(6-25)28-15/h1-5,7,9,11-12,15,25-27H,6H2,(H3,17,21,22,23)/b20-5+/t9-,11-,12-,15?/m1/s1. The van der Waals surface area contributed by atoms with Gasteiger partial charge in [-0.05, 0) is 12.1 Å². The van der Waals surface area contributed by atoms with E-state index in [0.717, 1.165) is 0 Å². The van der Waals surface area contributed by atoms with E-state index in [1.54, 1.807) is 18.3 Å². The fourth-order valence-electron chi connectivity index (χ4n) is 2.89. The summed E-state index contributed by atoms with van der Waals surface area (Å²) in [6, 6.07) is 5.40. The summed E-state index contributed by atoms with van der Waals surface area (Å²) in [7, 11) is 0. The van der Waals surface area contributed by atoms with Gasteiger partial charge in [-0.15, -0.1) is 0 Å². The average molecular weight is 386 g/mol. The number of nitrogens with zero attached hydrogens (tertiary/aromatic N) is 6. The van der Waals surface area contributed by atoms with Crippen LogP contribution in [0.3, 0.4) is 0 Å². The minimum absolute atomic E-state index is 0.102. The van der Waals surface area contributed by atoms with E-state index >= 15 is 0 Å². The van der Waals surface area contributed by atoms with Crippen LogP contribution >= 0.6 is 0 Å². The van der Waals surface area contributed by atoms with Crippen LogP contribution in [-0.2, 0) is 4.74 Å². The lowest BCUT2D eigenvalue weighted by atomic mass is 10.1. The van der Waals surface area contributed by atoms with Crippen molar-refractivity contribution in [2.24, 2.45) is 5.10 Å². The highest BCUT2D eigenvalue weighted by atomic mass is 16.6. The van der Waals surface area contributed by atoms with Crippen molar-refractivity contribution in [1.29, 1.82) is 0 Å². The second-order valence-corrected chi connectivity index (χ2v) is 6.11. The fraction of sp³-hybridized carbons (Fsp3) is 0.312. The van der Waals surface area contributed by atoms with Gasteiger partial charge in [0.25, 0.3) is 0 Å². The van der Waals surface area contributed by atoms with Gasteiger partial charge in [0, 0.05) is 6.20 Å². The summed E-state index contributed by atoms with van der Waals surface area (Å²) in [5.41, 5.74) is 9.83. The molecule has 12 nitrogen and oxygen atoms in total. The van der Waals surface area contributed by atoms with Crippen LogP contribution in [0.2, 0.25) is 0 Å². The van der Waals surface area contributed by atoms with Gasteiger partial charge in [-0.25, -0.2) is 10.4 Å². The van der Waals surface area contributed by atoms with Crippen molar-refractivity contribution in [3.05, 3.63) is 36.4 Å². The molecule has 0 amide bonds. The molecule has 0 saturated carbocycles. The fourth-order valence-corrected chi connectivity index (χ4v) is 2.89. The molecule has 0 radical (unpaired) electrons. The first-order valence-electron chi connectivity index (χ1n) is 8.41. The third-order valence-corrected chi connectivity index (χ3v) is 4.29. The Balaban J connectivity index is 1.63. The van der Waals surface area contributed by atoms with Gasteiger partial charge in [0.2, 0.25) is 5.95 Å². The Labute approximate surface area is 158 Å². The molecule has 4 heterocycles. The summed E-state index contributed by atoms with van der Waals surface area (Å²) in [5.74, 6) is 0.205. The van der Waals surface area contributed by atoms with Crippen molar-refractivity contribution in [3.63, 3.8) is 0 Å². The molecule has 1 aliphatic rings. The third-order valence-electron chi connectivity index (χ3n) is 4.29. The van der Waals surface area contributed by atoms with Crippen molar-refractivity contribution < 1.29 is 20.1 Å². The highest BCUT2D eigenvalue weighted by Gasteiger charge is 2.44. The summed E-state index contributed by atoms with van der Waals surface area (Å²) < 4.78 is 6.94. The first kappa shape index (κ1) is 18.2. The van der Waals surface area contributed by atoms with Crippen molar-refractivity contribution in [2.45, 2.75) is 24.5 Å². The second-order valence-electron chi connectivity index (χ2n) is 6.11. The van der Waals surface area contributed by atoms with Crippen LogP contribution in [-0.4, -0.2) is 71.0 Å². The number of hydrogen-bond acceptors (Lipinski definition) is 11. The molecule has 12 heteroatoms. The van der Waals surface area contributed by atoms with Gasteiger partial charge < -0.3 is 25.8 Å². The molecule has 0 aliphatic carbocycles. The van der Waals surface area contributed by atoms with E-state index in [2.05, 4.69) is 30.5 Å². The number of hydrazone groups is 1. The van der Waals surface area contributed by atoms with E-state index in [4.69, 9.17) is 10.5 Å². The van der Waals surface area contributed by atoms with Gasteiger partial charge in [0.05, 0.1) is 24.8 Å². The molecule has 0 spiro atoms. The molecule has 0 bridgehead atoms. The second kappa shape index (κ2) is 7.44. The van der Waals surface area contributed by atoms with Gasteiger partial charge in [-0.1, -0.05) is 6.07 Å². The Morgan fingerprint density at radius 2 is 2.11 bits per heavy atom. The van der Waals surface area contributed by atoms with Gasteiger partial charge in [-0.2, -0.15) is 15.1 Å². The quantitative estimate of drug-likeness (QED) is 0.266. The largest absolute Gasteiger partial charge is 0.394 e. The molecule has 3 aromatic rings. The van der Waals surface area contributed by atoms with Crippen molar-refractivity contribution in [1.82, 2.24) is 24.5 Å². The lowest BCUT2D eigenvalue weighted by molar-refractivity contribution is -0.0511. The number of aromatic nitrogens is 5. The summed E-state index contributed by atoms with van der Waals surface area (Å²) >= 11 is 0. The van der Waals surface area contributed by atoms with E-state index in [1.165, 1.54) is 17.1 Å². The molecule has 146 valence electrons. The van der Waals surface area contributed by atoms with E-state index in [-0.39, 0.29) is 17.4 Å². The van der Waals surface area contributed by atoms with Crippen LogP contribution in [0.25, 0.3) is 11.2 Å². The highest BCUT2D eigenvalue weighted by Crippen LogP contribution is 2.32. The van der Waals surface area contributed by atoms with E-state index < -0.39 is 31.1 Å². The van der Waals surface area contributed by atoms with Crippen LogP contribution < -0.4 is 11.2 Å². The predicted octanol–water partition coefficient (Wildman–Crippen LogP) is -1.14. The number of pyridine rings is 1. The maximum Gasteiger partial charge on any atom is 0.247 e. The summed E-state index contributed by atoms with van der Waals surface area (Å²) in [4.78, 5) is 16.7. The number of anilines is 2. The van der Waals surface area contributed by atoms with Crippen LogP contribution in [0.15, 0.2) is 35.8 Å². The normalized spacial score (nSPS) is 25.0. The molecule has 1 fully saturated rings. The molecule has 1 aliphatic heterocycles. The van der Waals surface area contributed by atoms with Crippen molar-refractivity contribution in [3.8, 4) is 0 Å². The topological polar surface area (TPSA) is 177 Å². The van der Waals surface area contributed by atoms with Gasteiger partial charge >= 0.3 is 0 Å². The smallest absolute Gasteiger partial charge is 0.247 e. The number of aliphatic hydroxyl groups excluding tert-OH is 3. The molecule has 28 heavy (non-hydrogen) atoms. The number of aliphatic hydroxyl groups is 3. The molecular formula is C16H18N8O4. The first-order chi connectivity index (χ1) is 13.6. The third kappa shape index (κ3) is 3.25. The number of ether oxygens (including phenoxy) is 1. The SMILES string of the molecule is Nc1nc(N/N=C/c2ccccn2)nc2c1ncn2C1O[C@H](CO)[C@@H](O)[C@H]1O. The zero-order chi connectivity index (χ0) is 19.7. The molecule has 6 N–H and O–H groups in total. The molecular weight excluding hydrogens is 368 g/mol. The van der Waals surface area contributed by atoms with Crippen LogP contribution in [0.4, 0.5) is 11.8 Å². The minimum Gasteiger partial charge on any atom is -0.394 e. The zero-order valence-corrected chi connectivity index (χ0v) is 14.5. The maximum absolute atomic E-state index is 10.2. The van der Waals surface area contributed by atoms with Gasteiger partial charge in [-0.3, -0.25) is 9.55 Å². The predicted molar refractivity (Wildman–Crippen MR) is 98.2 cm³/mol. The Morgan fingerprint density at radius 3 is 2.82 bits per heavy atom. The number of rotatable bonds is 5. The van der Waals surface area contributed by atoms with E-state index in [9.17, 15) is 15.3 Å². The molecule has 4 atom stereocenters. The highest BCUT2D eigenvalue weighted by molar-refractivity contribution is 5.83. The summed E-state index contributed by atoms with van der Waals surface area (Å²) in [6.45, 7) is -0.437. The van der Waals surface area contributed by atoms with Crippen molar-refractivity contribution >= 4 is 29.1 Å². The van der Waals surface area contributed by atoms with Crippen LogP contribution in [0, 0.1) is 0 Å². The lowest BCUT2D eigenvalue weighted by Crippen LogP contribution is -2.33. The molecule has 4 rings (SSSR count). The number of nitrogens with two attached hydrogens (primary N) is 1. The number of imidazole rings is 1. The van der Waals surface area contributed by atoms with Gasteiger partial charge in [0.1, 0.15) is 23.8 Å². The first-order valence-corrected chi connectivity index (χ1v) is 8.41. The maximum atomic E-state index is 10.2. The van der Waals surface area contributed by atoms with Gasteiger partial charge in [0.15, 0.2) is 17.7 Å². The summed E-state index contributed by atoms with van der Waals surface area (Å²) in [6.07, 6.45) is 0.0796. The van der Waals surface area contributed by atoms with Crippen LogP contribution in [0.5, 0.6) is 0 Å². The summed E-state index contributed by atoms with van der Waals surface area (Å²) in [5, 5.41) is 33.5. The molecule has 1 unspecified atom stereocenters. The Kier molecular flexibility index (Phi) is 4.83. The molecule has 3 aromatic heterocycles. The average Bonchev–Trinajstić information content (AvgIpc) is 3.24. The number of fused-ring (bicyclic) bond motifs is 1. The van der Waals surface area contributed by atoms with Crippen LogP contribution in [0.1, 0.15) is 11.9 Å². The number of nitrogens with one attached hydrogen (secondary N) is 1. The molecule has 0 aromatic carbocycles. The van der Waals surface area contributed by atoms with E-state index in [1.807, 2.05) is 6.07 Å². The Bertz CT molecular complexity index is 995. The Morgan fingerprint density at radius 1 is 1.25 bits per heavy atom. The van der Waals surface area contributed by atoms with E-state index in [0.29, 0.717) is 11.2 Å². The zero-order valence-electron chi connectivity index (χ0n) is 14.5. The number of nitrogen functional groups attached to an aromatic ring is 1. The Hall–Kier alpha value is -3.19. The molecule has 1 saturated heterocycles. The monoisotopic (exact) mass is 386 g/mol. The minimum atomic E-state index is -1.27. The lowest BCUT2D eigenvalue weighted by Gasteiger charge is -2.16.